The van der Waals surface area contributed by atoms with Gasteiger partial charge in [-0.25, -0.2) is 0 Å². The number of rotatable bonds is 4. The second-order valence-corrected chi connectivity index (χ2v) is 7.60. The summed E-state index contributed by atoms with van der Waals surface area (Å²) < 4.78 is 0. The molecule has 2 aliphatic rings. The maximum absolute atomic E-state index is 11.7. The van der Waals surface area contributed by atoms with Crippen LogP contribution in [0.4, 0.5) is 0 Å². The summed E-state index contributed by atoms with van der Waals surface area (Å²) in [6, 6.07) is 7.92. The normalized spacial score (nSPS) is 24.7. The van der Waals surface area contributed by atoms with Crippen LogP contribution in [0.1, 0.15) is 43.4 Å². The molecule has 26 heavy (non-hydrogen) atoms. The van der Waals surface area contributed by atoms with Crippen molar-refractivity contribution in [3.63, 3.8) is 0 Å². The summed E-state index contributed by atoms with van der Waals surface area (Å²) in [6.45, 7) is 7.71. The van der Waals surface area contributed by atoms with Crippen LogP contribution in [-0.2, 0) is 4.79 Å². The minimum absolute atomic E-state index is 0.0289. The predicted octanol–water partition coefficient (Wildman–Crippen LogP) is 1.60. The number of aliphatic hydroxyl groups excluding tert-OH is 1. The highest BCUT2D eigenvalue weighted by Gasteiger charge is 2.42. The summed E-state index contributed by atoms with van der Waals surface area (Å²) in [5.74, 6) is 0.987. The molecular weight excluding hydrogens is 328 g/mol. The topological polar surface area (TPSA) is 77.0 Å². The Hall–Kier alpha value is -2.08. The molecule has 2 saturated heterocycles. The molecule has 1 aromatic rings. The van der Waals surface area contributed by atoms with E-state index in [1.54, 1.807) is 0 Å². The van der Waals surface area contributed by atoms with Crippen LogP contribution in [0.5, 0.6) is 0 Å². The van der Waals surface area contributed by atoms with Gasteiger partial charge in [0.2, 0.25) is 5.91 Å². The molecular formula is C20H30N4O2. The fourth-order valence-corrected chi connectivity index (χ4v) is 3.92. The number of benzene rings is 1. The van der Waals surface area contributed by atoms with Gasteiger partial charge in [-0.1, -0.05) is 29.8 Å². The Kier molecular flexibility index (Phi) is 5.81. The van der Waals surface area contributed by atoms with Gasteiger partial charge in [0.05, 0.1) is 12.6 Å². The zero-order chi connectivity index (χ0) is 18.6. The molecule has 142 valence electrons. The third-order valence-corrected chi connectivity index (χ3v) is 5.37. The number of nitrogens with zero attached hydrogens (tertiary/aromatic N) is 2. The van der Waals surface area contributed by atoms with Crippen LogP contribution < -0.4 is 10.6 Å². The smallest absolute Gasteiger partial charge is 0.220 e. The first-order chi connectivity index (χ1) is 12.5. The molecule has 2 aliphatic heterocycles. The molecule has 1 aromatic carbocycles. The van der Waals surface area contributed by atoms with Gasteiger partial charge in [-0.3, -0.25) is 9.79 Å². The summed E-state index contributed by atoms with van der Waals surface area (Å²) in [6.07, 6.45) is 2.13. The molecule has 3 N–H and O–H groups in total. The van der Waals surface area contributed by atoms with Crippen molar-refractivity contribution in [1.29, 1.82) is 0 Å². The summed E-state index contributed by atoms with van der Waals surface area (Å²) in [5.41, 5.74) is 2.09. The Labute approximate surface area is 155 Å². The van der Waals surface area contributed by atoms with E-state index in [1.807, 2.05) is 38.1 Å². The third kappa shape index (κ3) is 4.36. The van der Waals surface area contributed by atoms with Crippen LogP contribution in [0.15, 0.2) is 29.3 Å². The zero-order valence-corrected chi connectivity index (χ0v) is 15.8. The fraction of sp³-hybridized carbons (Fsp3) is 0.600. The fourth-order valence-electron chi connectivity index (χ4n) is 3.92. The number of amides is 1. The number of carbonyl (C=O) groups is 1. The average molecular weight is 358 g/mol. The van der Waals surface area contributed by atoms with Gasteiger partial charge in [-0.15, -0.1) is 0 Å². The van der Waals surface area contributed by atoms with Crippen LogP contribution >= 0.6 is 0 Å². The van der Waals surface area contributed by atoms with Gasteiger partial charge in [0.1, 0.15) is 0 Å². The summed E-state index contributed by atoms with van der Waals surface area (Å²) >= 11 is 0. The Bertz CT molecular complexity index is 658. The Morgan fingerprint density at radius 2 is 2.19 bits per heavy atom. The number of piperidine rings is 1. The number of aliphatic imine (C=N–C) groups is 1. The van der Waals surface area contributed by atoms with E-state index in [2.05, 4.69) is 20.5 Å². The molecule has 2 heterocycles. The lowest BCUT2D eigenvalue weighted by Crippen LogP contribution is -2.51. The highest BCUT2D eigenvalue weighted by atomic mass is 16.3. The van der Waals surface area contributed by atoms with E-state index in [-0.39, 0.29) is 11.3 Å². The largest absolute Gasteiger partial charge is 0.386 e. The number of nitrogens with one attached hydrogen (secondary N) is 2. The number of hydrogen-bond donors (Lipinski definition) is 3. The standard InChI is InChI=1S/C20H30N4O2/c1-3-21-19(22-12-17(25)16-7-5-15(2)6-8-16)24-10-4-9-20(14-24)11-18(26)23-13-20/h5-8,17,25H,3-4,9-14H2,1-2H3,(H,21,22)(H,23,26). The van der Waals surface area contributed by atoms with Gasteiger partial charge >= 0.3 is 0 Å². The quantitative estimate of drug-likeness (QED) is 0.564. The molecule has 1 amide bonds. The SMILES string of the molecule is CCNC(=NCC(O)c1ccc(C)cc1)N1CCCC2(CNC(=O)C2)C1. The minimum atomic E-state index is -0.613. The maximum Gasteiger partial charge on any atom is 0.220 e. The predicted molar refractivity (Wildman–Crippen MR) is 103 cm³/mol. The van der Waals surface area contributed by atoms with Gasteiger partial charge in [0.15, 0.2) is 5.96 Å². The van der Waals surface area contributed by atoms with E-state index in [9.17, 15) is 9.90 Å². The van der Waals surface area contributed by atoms with Crippen molar-refractivity contribution < 1.29 is 9.90 Å². The van der Waals surface area contributed by atoms with E-state index >= 15 is 0 Å². The lowest BCUT2D eigenvalue weighted by molar-refractivity contribution is -0.119. The monoisotopic (exact) mass is 358 g/mol. The number of carbonyl (C=O) groups excluding carboxylic acids is 1. The first-order valence-electron chi connectivity index (χ1n) is 9.56. The molecule has 3 rings (SSSR count). The average Bonchev–Trinajstić information content (AvgIpc) is 2.98. The summed E-state index contributed by atoms with van der Waals surface area (Å²) in [4.78, 5) is 18.6. The van der Waals surface area contributed by atoms with Crippen LogP contribution in [0.2, 0.25) is 0 Å². The van der Waals surface area contributed by atoms with Crippen molar-refractivity contribution in [2.24, 2.45) is 10.4 Å². The van der Waals surface area contributed by atoms with Gasteiger partial charge in [0, 0.05) is 38.0 Å². The summed E-state index contributed by atoms with van der Waals surface area (Å²) in [7, 11) is 0. The molecule has 6 nitrogen and oxygen atoms in total. The second-order valence-electron chi connectivity index (χ2n) is 7.60. The van der Waals surface area contributed by atoms with E-state index in [1.165, 1.54) is 5.56 Å². The molecule has 6 heteroatoms. The maximum atomic E-state index is 11.7. The minimum Gasteiger partial charge on any atom is -0.386 e. The van der Waals surface area contributed by atoms with Crippen molar-refractivity contribution in [2.75, 3.05) is 32.7 Å². The number of aliphatic hydroxyl groups is 1. The molecule has 2 fully saturated rings. The van der Waals surface area contributed by atoms with Crippen molar-refractivity contribution >= 4 is 11.9 Å². The third-order valence-electron chi connectivity index (χ3n) is 5.37. The molecule has 0 aromatic heterocycles. The highest BCUT2D eigenvalue weighted by molar-refractivity contribution is 5.81. The van der Waals surface area contributed by atoms with Crippen LogP contribution in [0.3, 0.4) is 0 Å². The molecule has 2 atom stereocenters. The van der Waals surface area contributed by atoms with E-state index in [0.717, 1.165) is 50.5 Å². The molecule has 0 saturated carbocycles. The Morgan fingerprint density at radius 1 is 1.42 bits per heavy atom. The number of hydrogen-bond acceptors (Lipinski definition) is 3. The second kappa shape index (κ2) is 8.08. The van der Waals surface area contributed by atoms with E-state index < -0.39 is 6.10 Å². The number of aryl methyl sites for hydroxylation is 1. The molecule has 0 bridgehead atoms. The molecule has 0 aliphatic carbocycles. The van der Waals surface area contributed by atoms with Crippen molar-refractivity contribution in [2.45, 2.75) is 39.2 Å². The van der Waals surface area contributed by atoms with Gasteiger partial charge < -0.3 is 20.6 Å². The Balaban J connectivity index is 1.68. The first kappa shape index (κ1) is 18.7. The van der Waals surface area contributed by atoms with E-state index in [0.29, 0.717) is 13.0 Å². The molecule has 2 unspecified atom stereocenters. The van der Waals surface area contributed by atoms with Crippen molar-refractivity contribution in [1.82, 2.24) is 15.5 Å². The number of likely N-dealkylation sites (tertiary alicyclic amines) is 1. The van der Waals surface area contributed by atoms with Crippen LogP contribution in [0.25, 0.3) is 0 Å². The van der Waals surface area contributed by atoms with Crippen LogP contribution in [0, 0.1) is 12.3 Å². The lowest BCUT2D eigenvalue weighted by Gasteiger charge is -2.40. The van der Waals surface area contributed by atoms with Gasteiger partial charge in [0.25, 0.3) is 0 Å². The van der Waals surface area contributed by atoms with Gasteiger partial charge in [-0.2, -0.15) is 0 Å². The molecule has 0 radical (unpaired) electrons. The highest BCUT2D eigenvalue weighted by Crippen LogP contribution is 2.36. The van der Waals surface area contributed by atoms with Crippen LogP contribution in [-0.4, -0.2) is 54.6 Å². The molecule has 1 spiro atoms. The zero-order valence-electron chi connectivity index (χ0n) is 15.8. The van der Waals surface area contributed by atoms with E-state index in [4.69, 9.17) is 0 Å². The first-order valence-corrected chi connectivity index (χ1v) is 9.56. The van der Waals surface area contributed by atoms with Crippen molar-refractivity contribution in [3.8, 4) is 0 Å². The van der Waals surface area contributed by atoms with Gasteiger partial charge in [-0.05, 0) is 32.3 Å². The van der Waals surface area contributed by atoms with Crippen molar-refractivity contribution in [3.05, 3.63) is 35.4 Å². The Morgan fingerprint density at radius 3 is 2.85 bits per heavy atom. The lowest BCUT2D eigenvalue weighted by atomic mass is 9.79. The summed E-state index contributed by atoms with van der Waals surface area (Å²) in [5, 5.41) is 16.8. The number of guanidine groups is 1.